The zero-order valence-electron chi connectivity index (χ0n) is 10.7. The van der Waals surface area contributed by atoms with Gasteiger partial charge in [0.1, 0.15) is 0 Å². The van der Waals surface area contributed by atoms with Crippen LogP contribution in [0, 0.1) is 0 Å². The smallest absolute Gasteiger partial charge is 0.550 e. The Morgan fingerprint density at radius 3 is 1.33 bits per heavy atom. The van der Waals surface area contributed by atoms with Crippen LogP contribution in [-0.4, -0.2) is 40.3 Å². The molecule has 0 bridgehead atoms. The van der Waals surface area contributed by atoms with E-state index in [0.29, 0.717) is 0 Å². The summed E-state index contributed by atoms with van der Waals surface area (Å²) in [4.78, 5) is 28.5. The van der Waals surface area contributed by atoms with Gasteiger partial charge in [-0.2, -0.15) is 0 Å². The molecule has 2 unspecified atom stereocenters. The van der Waals surface area contributed by atoms with Gasteiger partial charge in [0.15, 0.2) is 0 Å². The summed E-state index contributed by atoms with van der Waals surface area (Å²) in [7, 11) is 0. The van der Waals surface area contributed by atoms with Crippen LogP contribution in [0.4, 0.5) is 0 Å². The molecule has 0 fully saturated rings. The summed E-state index contributed by atoms with van der Waals surface area (Å²) in [5.41, 5.74) is 0. The molecule has 2 N–H and O–H groups in total. The molecule has 2 atom stereocenters. The maximum atomic E-state index is 9.58. The second-order valence-electron chi connectivity index (χ2n) is 2.41. The maximum Gasteiger partial charge on any atom is 1.00 e. The number of rotatable bonds is 4. The van der Waals surface area contributed by atoms with Crippen LogP contribution in [0.2, 0.25) is 0 Å². The molecule has 0 heterocycles. The first-order valence-electron chi connectivity index (χ1n) is 3.66. The average molecular weight is 322 g/mol. The third-order valence-electron chi connectivity index (χ3n) is 0.973. The van der Waals surface area contributed by atoms with E-state index in [9.17, 15) is 29.7 Å². The minimum absolute atomic E-state index is 0. The molecule has 0 aromatic rings. The van der Waals surface area contributed by atoms with Crippen molar-refractivity contribution in [1.29, 1.82) is 0 Å². The van der Waals surface area contributed by atoms with E-state index >= 15 is 0 Å². The van der Waals surface area contributed by atoms with Crippen molar-refractivity contribution in [3.8, 4) is 0 Å². The van der Waals surface area contributed by atoms with Gasteiger partial charge < -0.3 is 39.9 Å². The summed E-state index contributed by atoms with van der Waals surface area (Å²) in [6, 6.07) is 0. The summed E-state index contributed by atoms with van der Waals surface area (Å²) < 4.78 is 0. The van der Waals surface area contributed by atoms with Crippen LogP contribution in [0.25, 0.3) is 0 Å². The second kappa shape index (κ2) is 19.6. The third kappa shape index (κ3) is 27.0. The molecular weight excluding hydrogens is 313 g/mol. The van der Waals surface area contributed by atoms with E-state index in [2.05, 4.69) is 0 Å². The normalized spacial score (nSPS) is 10.8. The van der Waals surface area contributed by atoms with Crippen LogP contribution in [-0.2, 0) is 14.4 Å². The molecule has 0 spiro atoms. The maximum absolute atomic E-state index is 9.58. The third-order valence-corrected chi connectivity index (χ3v) is 0.973. The molecule has 0 aromatic heterocycles. The number of aliphatic hydroxyl groups excluding tert-OH is 2. The van der Waals surface area contributed by atoms with Gasteiger partial charge >= 0.3 is 132 Å². The number of hydrogen-bond acceptors (Lipinski definition) is 8. The molecule has 0 saturated carbocycles. The van der Waals surface area contributed by atoms with Crippen molar-refractivity contribution < 1.29 is 172 Å². The van der Waals surface area contributed by atoms with E-state index in [4.69, 9.17) is 10.2 Å². The summed E-state index contributed by atoms with van der Waals surface area (Å²) in [5.74, 6) is -4.86. The minimum Gasteiger partial charge on any atom is -0.550 e. The van der Waals surface area contributed by atoms with Crippen molar-refractivity contribution in [3.05, 3.63) is 0 Å². The molecule has 0 aromatic carbocycles. The molecule has 11 heteroatoms. The van der Waals surface area contributed by atoms with Gasteiger partial charge in [0.05, 0.1) is 24.1 Å². The van der Waals surface area contributed by atoms with E-state index in [-0.39, 0.29) is 132 Å². The summed E-state index contributed by atoms with van der Waals surface area (Å²) in [5, 5.41) is 44.7. The van der Waals surface area contributed by atoms with Crippen molar-refractivity contribution in [3.63, 3.8) is 0 Å². The quantitative estimate of drug-likeness (QED) is 0.482. The average Bonchev–Trinajstić information content (AvgIpc) is 2.03. The van der Waals surface area contributed by atoms with Gasteiger partial charge in [-0.25, -0.2) is 0 Å². The zero-order chi connectivity index (χ0) is 12.6. The SMILES string of the molecule is CC(O)C(=O)[O-].O=C([O-])CC(O)C(=O)[O-].[K+].[K+].[Na+]. The topological polar surface area (TPSA) is 161 Å². The number of hydrogen-bond donors (Lipinski definition) is 2. The Morgan fingerprint density at radius 1 is 1.00 bits per heavy atom. The van der Waals surface area contributed by atoms with Gasteiger partial charge in [0.2, 0.25) is 0 Å². The molecule has 18 heavy (non-hydrogen) atoms. The molecule has 0 amide bonds. The van der Waals surface area contributed by atoms with Crippen molar-refractivity contribution in [2.45, 2.75) is 25.6 Å². The Labute approximate surface area is 211 Å². The Kier molecular flexibility index (Phi) is 35.4. The van der Waals surface area contributed by atoms with Crippen LogP contribution in [0.15, 0.2) is 0 Å². The Bertz CT molecular complexity index is 248. The monoisotopic (exact) mass is 322 g/mol. The first-order valence-corrected chi connectivity index (χ1v) is 3.66. The van der Waals surface area contributed by atoms with E-state index in [0.717, 1.165) is 6.92 Å². The number of carboxylic acid groups (broad SMARTS) is 3. The fraction of sp³-hybridized carbons (Fsp3) is 0.571. The van der Waals surface area contributed by atoms with Gasteiger partial charge in [-0.3, -0.25) is 0 Å². The van der Waals surface area contributed by atoms with E-state index in [1.165, 1.54) is 0 Å². The predicted octanol–water partition coefficient (Wildman–Crippen LogP) is -14.6. The molecule has 88 valence electrons. The Hall–Kier alpha value is 2.60. The van der Waals surface area contributed by atoms with Crippen LogP contribution < -0.4 is 148 Å². The Balaban J connectivity index is -0.0000000566. The number of carbonyl (C=O) groups is 3. The largest absolute Gasteiger partial charge is 1.00 e. The van der Waals surface area contributed by atoms with E-state index in [1.807, 2.05) is 0 Å². The standard InChI is InChI=1S/C4H6O5.C3H6O3.2K.Na/c5-2(4(8)9)1-3(6)7;1-2(4)3(5)6;;;/h2,5H,1H2,(H,6,7)(H,8,9);2,4H,1H3,(H,5,6);;;/q;;3*+1/p-3. The van der Waals surface area contributed by atoms with Crippen molar-refractivity contribution in [2.75, 3.05) is 0 Å². The summed E-state index contributed by atoms with van der Waals surface area (Å²) in [6.07, 6.45) is -4.23. The molecule has 0 saturated heterocycles. The van der Waals surface area contributed by atoms with E-state index < -0.39 is 36.5 Å². The number of aliphatic hydroxyl groups is 2. The van der Waals surface area contributed by atoms with Crippen LogP contribution in [0.5, 0.6) is 0 Å². The minimum atomic E-state index is -1.96. The zero-order valence-corrected chi connectivity index (χ0v) is 19.0. The number of carboxylic acids is 3. The molecule has 0 radical (unpaired) electrons. The van der Waals surface area contributed by atoms with Crippen molar-refractivity contribution in [1.82, 2.24) is 0 Å². The van der Waals surface area contributed by atoms with Crippen LogP contribution >= 0.6 is 0 Å². The van der Waals surface area contributed by atoms with Gasteiger partial charge in [0, 0.05) is 12.4 Å². The molecule has 0 aliphatic heterocycles. The summed E-state index contributed by atoms with van der Waals surface area (Å²) in [6.45, 7) is 1.13. The van der Waals surface area contributed by atoms with Gasteiger partial charge in [-0.05, 0) is 6.92 Å². The van der Waals surface area contributed by atoms with Gasteiger partial charge in [-0.15, -0.1) is 0 Å². The van der Waals surface area contributed by atoms with Crippen molar-refractivity contribution in [2.24, 2.45) is 0 Å². The molecular formula is C7H9K2NaO8. The van der Waals surface area contributed by atoms with Crippen molar-refractivity contribution >= 4 is 17.9 Å². The first kappa shape index (κ1) is 32.5. The first-order chi connectivity index (χ1) is 6.68. The second-order valence-corrected chi connectivity index (χ2v) is 2.41. The van der Waals surface area contributed by atoms with Crippen LogP contribution in [0.1, 0.15) is 13.3 Å². The van der Waals surface area contributed by atoms with E-state index in [1.54, 1.807) is 0 Å². The molecule has 0 aliphatic carbocycles. The fourth-order valence-electron chi connectivity index (χ4n) is 0.241. The van der Waals surface area contributed by atoms with Gasteiger partial charge in [0.25, 0.3) is 0 Å². The molecule has 0 rings (SSSR count). The number of carbonyl (C=O) groups excluding carboxylic acids is 3. The molecule has 0 aliphatic rings. The Morgan fingerprint density at radius 2 is 1.28 bits per heavy atom. The van der Waals surface area contributed by atoms with Crippen LogP contribution in [0.3, 0.4) is 0 Å². The predicted molar refractivity (Wildman–Crippen MR) is 37.3 cm³/mol. The summed E-state index contributed by atoms with van der Waals surface area (Å²) >= 11 is 0. The fourth-order valence-corrected chi connectivity index (χ4v) is 0.241. The number of aliphatic carboxylic acids is 3. The van der Waals surface area contributed by atoms with Gasteiger partial charge in [-0.1, -0.05) is 0 Å². The molecule has 8 nitrogen and oxygen atoms in total.